The first-order valence-corrected chi connectivity index (χ1v) is 9.31. The number of hydrogen-bond donors (Lipinski definition) is 1. The van der Waals surface area contributed by atoms with Gasteiger partial charge in [-0.15, -0.1) is 0 Å². The summed E-state index contributed by atoms with van der Waals surface area (Å²) < 4.78 is 6.87. The molecule has 0 aromatic heterocycles. The van der Waals surface area contributed by atoms with Gasteiger partial charge in [0.2, 0.25) is 0 Å². The fourth-order valence-electron chi connectivity index (χ4n) is 4.00. The Balaban J connectivity index is 1.91. The summed E-state index contributed by atoms with van der Waals surface area (Å²) in [5.74, 6) is 0. The van der Waals surface area contributed by atoms with Crippen LogP contribution in [-0.4, -0.2) is 17.3 Å². The Morgan fingerprint density at radius 2 is 1.08 bits per heavy atom. The second-order valence-corrected chi connectivity index (χ2v) is 6.99. The normalized spacial score (nSPS) is 20.2. The van der Waals surface area contributed by atoms with Crippen LogP contribution in [0.1, 0.15) is 36.0 Å². The molecule has 26 heavy (non-hydrogen) atoms. The highest BCUT2D eigenvalue weighted by atomic mass is 16.5. The van der Waals surface area contributed by atoms with E-state index in [4.69, 9.17) is 4.74 Å². The molecule has 0 spiro atoms. The summed E-state index contributed by atoms with van der Waals surface area (Å²) in [5, 5.41) is 10.0. The van der Waals surface area contributed by atoms with E-state index in [2.05, 4.69) is 72.8 Å². The number of aliphatic hydroxyl groups excluding tert-OH is 1. The van der Waals surface area contributed by atoms with Crippen molar-refractivity contribution in [3.63, 3.8) is 0 Å². The van der Waals surface area contributed by atoms with Gasteiger partial charge in [-0.05, 0) is 36.0 Å². The molecule has 1 fully saturated rings. The molecule has 1 unspecified atom stereocenters. The Bertz CT molecular complexity index is 718. The minimum Gasteiger partial charge on any atom is -0.393 e. The zero-order valence-corrected chi connectivity index (χ0v) is 14.8. The molecular weight excluding hydrogens is 320 g/mol. The van der Waals surface area contributed by atoms with E-state index in [0.717, 1.165) is 29.5 Å². The zero-order valence-electron chi connectivity index (χ0n) is 14.8. The van der Waals surface area contributed by atoms with Crippen LogP contribution in [0.5, 0.6) is 0 Å². The lowest BCUT2D eigenvalue weighted by atomic mass is 9.80. The maximum absolute atomic E-state index is 10.0. The van der Waals surface area contributed by atoms with Crippen molar-refractivity contribution >= 4 is 0 Å². The number of hydrogen-bond acceptors (Lipinski definition) is 2. The minimum absolute atomic E-state index is 0.0330. The highest BCUT2D eigenvalue weighted by molar-refractivity contribution is 5.47. The summed E-state index contributed by atoms with van der Waals surface area (Å²) in [6, 6.07) is 31.2. The summed E-state index contributed by atoms with van der Waals surface area (Å²) in [5.41, 5.74) is 2.65. The van der Waals surface area contributed by atoms with Gasteiger partial charge < -0.3 is 9.84 Å². The molecular formula is C24H24O2. The number of rotatable bonds is 5. The molecule has 3 aromatic rings. The third-order valence-corrected chi connectivity index (χ3v) is 5.24. The molecule has 0 heterocycles. The maximum atomic E-state index is 10.0. The fourth-order valence-corrected chi connectivity index (χ4v) is 4.00. The predicted molar refractivity (Wildman–Crippen MR) is 104 cm³/mol. The smallest absolute Gasteiger partial charge is 0.144 e. The van der Waals surface area contributed by atoms with Gasteiger partial charge in [-0.3, -0.25) is 0 Å². The summed E-state index contributed by atoms with van der Waals surface area (Å²) in [6.45, 7) is 0. The lowest BCUT2D eigenvalue weighted by Gasteiger charge is -2.38. The predicted octanol–water partition coefficient (Wildman–Crippen LogP) is 4.91. The van der Waals surface area contributed by atoms with E-state index in [0.29, 0.717) is 6.42 Å². The Kier molecular flexibility index (Phi) is 4.87. The summed E-state index contributed by atoms with van der Waals surface area (Å²) in [4.78, 5) is 0. The number of ether oxygens (including phenoxy) is 1. The summed E-state index contributed by atoms with van der Waals surface area (Å²) in [6.07, 6.45) is 2.15. The molecule has 0 aliphatic heterocycles. The molecule has 3 aromatic carbocycles. The van der Waals surface area contributed by atoms with E-state index in [1.165, 1.54) is 0 Å². The zero-order chi connectivity index (χ0) is 17.8. The van der Waals surface area contributed by atoms with Crippen LogP contribution in [-0.2, 0) is 10.3 Å². The van der Waals surface area contributed by atoms with Crippen molar-refractivity contribution in [1.82, 2.24) is 0 Å². The molecule has 1 aliphatic carbocycles. The average molecular weight is 344 g/mol. The Labute approximate surface area is 155 Å². The van der Waals surface area contributed by atoms with Gasteiger partial charge in [-0.1, -0.05) is 91.0 Å². The van der Waals surface area contributed by atoms with Crippen molar-refractivity contribution in [2.45, 2.75) is 37.1 Å². The van der Waals surface area contributed by atoms with E-state index in [-0.39, 0.29) is 12.2 Å². The largest absolute Gasteiger partial charge is 0.393 e. The van der Waals surface area contributed by atoms with E-state index >= 15 is 0 Å². The van der Waals surface area contributed by atoms with Gasteiger partial charge in [0.1, 0.15) is 5.60 Å². The van der Waals surface area contributed by atoms with E-state index < -0.39 is 5.60 Å². The van der Waals surface area contributed by atoms with Crippen molar-refractivity contribution in [2.75, 3.05) is 0 Å². The molecule has 0 bridgehead atoms. The van der Waals surface area contributed by atoms with E-state index in [1.54, 1.807) is 0 Å². The van der Waals surface area contributed by atoms with Gasteiger partial charge in [0, 0.05) is 0 Å². The second-order valence-electron chi connectivity index (χ2n) is 6.99. The first kappa shape index (κ1) is 17.0. The van der Waals surface area contributed by atoms with Crippen LogP contribution in [0.3, 0.4) is 0 Å². The number of aliphatic hydroxyl groups is 1. The van der Waals surface area contributed by atoms with E-state index in [9.17, 15) is 5.11 Å². The van der Waals surface area contributed by atoms with Gasteiger partial charge in [0.15, 0.2) is 0 Å². The van der Waals surface area contributed by atoms with Crippen LogP contribution < -0.4 is 0 Å². The standard InChI is InChI=1S/C24H24O2/c25-22-16-17-23(18-22)26-24(19-10-4-1-5-11-19,20-12-6-2-7-13-20)21-14-8-3-9-15-21/h1-15,22-23,25H,16-18H2/t22?,23-/m1/s1. The van der Waals surface area contributed by atoms with Crippen molar-refractivity contribution in [3.05, 3.63) is 108 Å². The van der Waals surface area contributed by atoms with Crippen LogP contribution in [0.15, 0.2) is 91.0 Å². The molecule has 0 amide bonds. The first-order chi connectivity index (χ1) is 12.8. The Hall–Kier alpha value is -2.42. The molecule has 2 atom stereocenters. The lowest BCUT2D eigenvalue weighted by Crippen LogP contribution is -2.36. The van der Waals surface area contributed by atoms with Crippen LogP contribution in [0, 0.1) is 0 Å². The number of benzene rings is 3. The summed E-state index contributed by atoms with van der Waals surface area (Å²) in [7, 11) is 0. The Morgan fingerprint density at radius 1 is 0.654 bits per heavy atom. The second kappa shape index (κ2) is 7.45. The molecule has 0 radical (unpaired) electrons. The molecule has 1 N–H and O–H groups in total. The molecule has 132 valence electrons. The highest BCUT2D eigenvalue weighted by Crippen LogP contribution is 2.43. The summed E-state index contributed by atoms with van der Waals surface area (Å²) >= 11 is 0. The van der Waals surface area contributed by atoms with Crippen LogP contribution in [0.25, 0.3) is 0 Å². The third kappa shape index (κ3) is 3.18. The van der Waals surface area contributed by atoms with Crippen molar-refractivity contribution < 1.29 is 9.84 Å². The lowest BCUT2D eigenvalue weighted by molar-refractivity contribution is -0.0480. The maximum Gasteiger partial charge on any atom is 0.144 e. The van der Waals surface area contributed by atoms with Crippen LogP contribution >= 0.6 is 0 Å². The van der Waals surface area contributed by atoms with Crippen molar-refractivity contribution in [3.8, 4) is 0 Å². The quantitative estimate of drug-likeness (QED) is 0.667. The highest BCUT2D eigenvalue weighted by Gasteiger charge is 2.41. The molecule has 0 saturated heterocycles. The topological polar surface area (TPSA) is 29.5 Å². The van der Waals surface area contributed by atoms with Gasteiger partial charge in [-0.25, -0.2) is 0 Å². The van der Waals surface area contributed by atoms with Crippen molar-refractivity contribution in [1.29, 1.82) is 0 Å². The first-order valence-electron chi connectivity index (χ1n) is 9.31. The third-order valence-electron chi connectivity index (χ3n) is 5.24. The fraction of sp³-hybridized carbons (Fsp3) is 0.250. The van der Waals surface area contributed by atoms with E-state index in [1.807, 2.05) is 18.2 Å². The van der Waals surface area contributed by atoms with Gasteiger partial charge in [0.25, 0.3) is 0 Å². The molecule has 1 aliphatic rings. The van der Waals surface area contributed by atoms with Gasteiger partial charge in [0.05, 0.1) is 12.2 Å². The van der Waals surface area contributed by atoms with Gasteiger partial charge >= 0.3 is 0 Å². The Morgan fingerprint density at radius 3 is 1.42 bits per heavy atom. The molecule has 4 rings (SSSR count). The molecule has 1 saturated carbocycles. The molecule has 2 nitrogen and oxygen atoms in total. The van der Waals surface area contributed by atoms with Gasteiger partial charge in [-0.2, -0.15) is 0 Å². The van der Waals surface area contributed by atoms with Crippen molar-refractivity contribution in [2.24, 2.45) is 0 Å². The SMILES string of the molecule is OC1CC[C@@H](OC(c2ccccc2)(c2ccccc2)c2ccccc2)C1. The monoisotopic (exact) mass is 344 g/mol. The van der Waals surface area contributed by atoms with Crippen LogP contribution in [0.2, 0.25) is 0 Å². The van der Waals surface area contributed by atoms with Crippen LogP contribution in [0.4, 0.5) is 0 Å². The minimum atomic E-state index is -0.682. The molecule has 2 heteroatoms. The average Bonchev–Trinajstić information content (AvgIpc) is 3.13.